The Morgan fingerprint density at radius 1 is 1.07 bits per heavy atom. The second kappa shape index (κ2) is 11.5. The second-order valence-corrected chi connectivity index (χ2v) is 10.7. The zero-order valence-electron chi connectivity index (χ0n) is 22.5. The summed E-state index contributed by atoms with van der Waals surface area (Å²) in [5.74, 6) is -2.32. The summed E-state index contributed by atoms with van der Waals surface area (Å²) in [5, 5.41) is 8.35. The SMILES string of the molecule is COC(=O)c1nnc(Cc2cc(F)c(-c3cccc(OCc4ccc(Cl)cc4F)n3)cc2F)n1[C@H]1COCC1(C)C. The topological polar surface area (TPSA) is 88.4 Å². The van der Waals surface area contributed by atoms with Crippen molar-refractivity contribution in [2.24, 2.45) is 5.41 Å². The van der Waals surface area contributed by atoms with Gasteiger partial charge in [-0.2, -0.15) is 0 Å². The highest BCUT2D eigenvalue weighted by atomic mass is 35.5. The average Bonchev–Trinajstić information content (AvgIpc) is 3.51. The smallest absolute Gasteiger partial charge is 0.376 e. The van der Waals surface area contributed by atoms with Crippen molar-refractivity contribution in [3.8, 4) is 17.1 Å². The van der Waals surface area contributed by atoms with Crippen LogP contribution in [-0.2, 0) is 22.5 Å². The van der Waals surface area contributed by atoms with Crippen molar-refractivity contribution in [2.75, 3.05) is 20.3 Å². The van der Waals surface area contributed by atoms with Crippen LogP contribution in [0.1, 0.15) is 47.5 Å². The van der Waals surface area contributed by atoms with E-state index in [1.54, 1.807) is 10.6 Å². The van der Waals surface area contributed by atoms with Crippen LogP contribution in [0.15, 0.2) is 48.5 Å². The Kier molecular flexibility index (Phi) is 8.01. The molecule has 41 heavy (non-hydrogen) atoms. The molecule has 2 aromatic carbocycles. The van der Waals surface area contributed by atoms with Crippen LogP contribution in [0, 0.1) is 22.9 Å². The van der Waals surface area contributed by atoms with E-state index in [1.165, 1.54) is 37.4 Å². The standard InChI is InChI=1S/C29H26ClF3N4O4/c1-29(2)15-40-14-24(29)37-25(35-36-27(37)28(38)39-3)10-17-9-22(33)19(12-21(17)32)23-5-4-6-26(34-23)41-13-16-7-8-18(30)11-20(16)31/h4-9,11-12,24H,10,13-15H2,1-3H3/t24-/m0/s1. The molecule has 1 fully saturated rings. The predicted octanol–water partition coefficient (Wildman–Crippen LogP) is 5.96. The summed E-state index contributed by atoms with van der Waals surface area (Å²) in [6, 6.07) is 10.6. The fraction of sp³-hybridized carbons (Fsp3) is 0.310. The molecule has 0 N–H and O–H groups in total. The van der Waals surface area contributed by atoms with Gasteiger partial charge < -0.3 is 14.2 Å². The third-order valence-electron chi connectivity index (χ3n) is 6.97. The van der Waals surface area contributed by atoms with Gasteiger partial charge in [-0.15, -0.1) is 10.2 Å². The lowest BCUT2D eigenvalue weighted by atomic mass is 9.87. The number of methoxy groups -OCH3 is 1. The van der Waals surface area contributed by atoms with Crippen LogP contribution in [0.5, 0.6) is 5.88 Å². The van der Waals surface area contributed by atoms with Crippen LogP contribution < -0.4 is 4.74 Å². The number of hydrogen-bond donors (Lipinski definition) is 0. The molecular formula is C29H26ClF3N4O4. The molecule has 1 saturated heterocycles. The first-order valence-electron chi connectivity index (χ1n) is 12.7. The molecule has 3 heterocycles. The number of nitrogens with zero attached hydrogens (tertiary/aromatic N) is 4. The first-order valence-corrected chi connectivity index (χ1v) is 13.1. The molecule has 0 saturated carbocycles. The van der Waals surface area contributed by atoms with Gasteiger partial charge >= 0.3 is 5.97 Å². The Hall–Kier alpha value is -3.96. The second-order valence-electron chi connectivity index (χ2n) is 10.3. The molecule has 12 heteroatoms. The molecule has 0 amide bonds. The molecule has 214 valence electrons. The number of pyridine rings is 1. The van der Waals surface area contributed by atoms with Gasteiger partial charge in [-0.1, -0.05) is 37.6 Å². The average molecular weight is 587 g/mol. The van der Waals surface area contributed by atoms with Crippen molar-refractivity contribution in [3.63, 3.8) is 0 Å². The van der Waals surface area contributed by atoms with Gasteiger partial charge in [0.05, 0.1) is 32.1 Å². The number of ether oxygens (including phenoxy) is 3. The fourth-order valence-corrected chi connectivity index (χ4v) is 4.87. The van der Waals surface area contributed by atoms with E-state index in [9.17, 15) is 9.18 Å². The maximum Gasteiger partial charge on any atom is 0.376 e. The minimum absolute atomic E-state index is 0.0126. The highest BCUT2D eigenvalue weighted by molar-refractivity contribution is 6.30. The zero-order valence-corrected chi connectivity index (χ0v) is 23.2. The highest BCUT2D eigenvalue weighted by Gasteiger charge is 2.41. The molecule has 8 nitrogen and oxygen atoms in total. The number of halogens is 4. The first-order chi connectivity index (χ1) is 19.6. The number of hydrogen-bond acceptors (Lipinski definition) is 7. The third-order valence-corrected chi connectivity index (χ3v) is 7.21. The van der Waals surface area contributed by atoms with E-state index in [-0.39, 0.29) is 69.4 Å². The van der Waals surface area contributed by atoms with Gasteiger partial charge in [0.25, 0.3) is 0 Å². The Labute approximate surface area is 239 Å². The van der Waals surface area contributed by atoms with Crippen molar-refractivity contribution < 1.29 is 32.2 Å². The van der Waals surface area contributed by atoms with Crippen LogP contribution in [0.3, 0.4) is 0 Å². The van der Waals surface area contributed by atoms with Crippen molar-refractivity contribution in [1.29, 1.82) is 0 Å². The van der Waals surface area contributed by atoms with Crippen LogP contribution in [0.25, 0.3) is 11.3 Å². The minimum Gasteiger partial charge on any atom is -0.473 e. The Bertz CT molecular complexity index is 1610. The molecular weight excluding hydrogens is 561 g/mol. The van der Waals surface area contributed by atoms with E-state index >= 15 is 8.78 Å². The van der Waals surface area contributed by atoms with Gasteiger partial charge in [0.1, 0.15) is 29.9 Å². The molecule has 0 radical (unpaired) electrons. The molecule has 1 atom stereocenters. The number of aromatic nitrogens is 4. The van der Waals surface area contributed by atoms with Gasteiger partial charge in [0.2, 0.25) is 11.7 Å². The predicted molar refractivity (Wildman–Crippen MR) is 143 cm³/mol. The number of carbonyl (C=O) groups is 1. The molecule has 0 bridgehead atoms. The maximum absolute atomic E-state index is 15.4. The number of benzene rings is 2. The van der Waals surface area contributed by atoms with Gasteiger partial charge in [0, 0.05) is 34.1 Å². The number of carbonyl (C=O) groups excluding carboxylic acids is 1. The van der Waals surface area contributed by atoms with Crippen molar-refractivity contribution in [3.05, 3.63) is 93.8 Å². The summed E-state index contributed by atoms with van der Waals surface area (Å²) in [6.07, 6.45) is -0.136. The van der Waals surface area contributed by atoms with E-state index < -0.39 is 23.4 Å². The van der Waals surface area contributed by atoms with Crippen LogP contribution in [-0.4, -0.2) is 46.0 Å². The summed E-state index contributed by atoms with van der Waals surface area (Å²) in [7, 11) is 1.23. The van der Waals surface area contributed by atoms with Crippen LogP contribution in [0.2, 0.25) is 5.02 Å². The van der Waals surface area contributed by atoms with E-state index in [4.69, 9.17) is 25.8 Å². The van der Waals surface area contributed by atoms with Gasteiger partial charge in [0.15, 0.2) is 0 Å². The lowest BCUT2D eigenvalue weighted by Gasteiger charge is -2.27. The molecule has 0 unspecified atom stereocenters. The summed E-state index contributed by atoms with van der Waals surface area (Å²) < 4.78 is 62.5. The van der Waals surface area contributed by atoms with Crippen LogP contribution >= 0.6 is 11.6 Å². The summed E-state index contributed by atoms with van der Waals surface area (Å²) in [4.78, 5) is 16.7. The van der Waals surface area contributed by atoms with E-state index in [2.05, 4.69) is 15.2 Å². The quantitative estimate of drug-likeness (QED) is 0.235. The van der Waals surface area contributed by atoms with Gasteiger partial charge in [-0.25, -0.2) is 22.9 Å². The molecule has 4 aromatic rings. The van der Waals surface area contributed by atoms with Crippen molar-refractivity contribution in [2.45, 2.75) is 32.9 Å². The summed E-state index contributed by atoms with van der Waals surface area (Å²) >= 11 is 5.78. The molecule has 2 aromatic heterocycles. The van der Waals surface area contributed by atoms with E-state index in [0.29, 0.717) is 13.2 Å². The highest BCUT2D eigenvalue weighted by Crippen LogP contribution is 2.39. The minimum atomic E-state index is -0.724. The largest absolute Gasteiger partial charge is 0.473 e. The maximum atomic E-state index is 15.4. The molecule has 0 aliphatic carbocycles. The van der Waals surface area contributed by atoms with E-state index in [0.717, 1.165) is 12.1 Å². The Morgan fingerprint density at radius 3 is 2.56 bits per heavy atom. The van der Waals surface area contributed by atoms with Gasteiger partial charge in [-0.3, -0.25) is 4.57 Å². The van der Waals surface area contributed by atoms with Crippen LogP contribution in [0.4, 0.5) is 13.2 Å². The number of rotatable bonds is 8. The lowest BCUT2D eigenvalue weighted by molar-refractivity contribution is 0.0573. The Balaban J connectivity index is 1.41. The summed E-state index contributed by atoms with van der Waals surface area (Å²) in [6.45, 7) is 4.56. The van der Waals surface area contributed by atoms with Gasteiger partial charge in [-0.05, 0) is 35.9 Å². The van der Waals surface area contributed by atoms with Crippen molar-refractivity contribution >= 4 is 17.6 Å². The third kappa shape index (κ3) is 5.91. The monoisotopic (exact) mass is 586 g/mol. The van der Waals surface area contributed by atoms with E-state index in [1.807, 2.05) is 13.8 Å². The fourth-order valence-electron chi connectivity index (χ4n) is 4.71. The Morgan fingerprint density at radius 2 is 1.85 bits per heavy atom. The first kappa shape index (κ1) is 28.6. The lowest BCUT2D eigenvalue weighted by Crippen LogP contribution is -2.29. The molecule has 1 aliphatic rings. The van der Waals surface area contributed by atoms with Crippen molar-refractivity contribution in [1.82, 2.24) is 19.7 Å². The number of esters is 1. The molecule has 0 spiro atoms. The summed E-state index contributed by atoms with van der Waals surface area (Å²) in [5.41, 5.74) is -0.0527. The normalized spacial score (nSPS) is 16.1. The zero-order chi connectivity index (χ0) is 29.3. The molecule has 1 aliphatic heterocycles. The molecule has 5 rings (SSSR count).